The highest BCUT2D eigenvalue weighted by Crippen LogP contribution is 2.46. The van der Waals surface area contributed by atoms with Crippen molar-refractivity contribution in [2.75, 3.05) is 13.1 Å². The minimum Gasteiger partial charge on any atom is -0.478 e. The summed E-state index contributed by atoms with van der Waals surface area (Å²) in [6, 6.07) is 5.79. The summed E-state index contributed by atoms with van der Waals surface area (Å²) >= 11 is 0. The standard InChI is InChI=1S/C21H20N2O5/c24-17(14-8-2-3-9-15(14)19(26)27)21-11-5-4-10-16(21)18(25)23(20(21)28)22-12-6-1-7-13-22/h2-5,8-11,16H,1,6-7,12-13H2,(H,26,27). The Bertz CT molecular complexity index is 928. The maximum absolute atomic E-state index is 13.5. The lowest BCUT2D eigenvalue weighted by Gasteiger charge is -2.34. The third-order valence-corrected chi connectivity index (χ3v) is 5.68. The van der Waals surface area contributed by atoms with Crippen LogP contribution >= 0.6 is 0 Å². The first-order chi connectivity index (χ1) is 13.5. The number of fused-ring (bicyclic) bond motifs is 1. The predicted molar refractivity (Wildman–Crippen MR) is 99.2 cm³/mol. The SMILES string of the molecule is O=C(O)c1ccccc1C(=O)C12C=CC=CC1C(=O)N(N1CCCCC1)C2=O. The Morgan fingerprint density at radius 3 is 2.36 bits per heavy atom. The maximum Gasteiger partial charge on any atom is 0.336 e. The summed E-state index contributed by atoms with van der Waals surface area (Å²) in [6.07, 6.45) is 9.00. The number of aromatic carboxylic acids is 1. The van der Waals surface area contributed by atoms with Gasteiger partial charge in [0.2, 0.25) is 0 Å². The number of amides is 2. The topological polar surface area (TPSA) is 95.0 Å². The molecule has 2 saturated heterocycles. The van der Waals surface area contributed by atoms with Crippen LogP contribution in [0.15, 0.2) is 48.6 Å². The van der Waals surface area contributed by atoms with E-state index in [0.717, 1.165) is 24.3 Å². The fourth-order valence-electron chi connectivity index (χ4n) is 4.28. The lowest BCUT2D eigenvalue weighted by molar-refractivity contribution is -0.160. The quantitative estimate of drug-likeness (QED) is 0.488. The molecule has 2 aliphatic heterocycles. The normalized spacial score (nSPS) is 27.1. The van der Waals surface area contributed by atoms with Gasteiger partial charge < -0.3 is 5.11 Å². The molecule has 0 bridgehead atoms. The van der Waals surface area contributed by atoms with Crippen molar-refractivity contribution in [3.05, 3.63) is 59.7 Å². The number of carboxylic acids is 1. The summed E-state index contributed by atoms with van der Waals surface area (Å²) in [6.45, 7) is 1.15. The van der Waals surface area contributed by atoms with Crippen LogP contribution in [0.3, 0.4) is 0 Å². The number of carbonyl (C=O) groups excluding carboxylic acids is 3. The zero-order valence-corrected chi connectivity index (χ0v) is 15.2. The molecule has 144 valence electrons. The second-order valence-electron chi connectivity index (χ2n) is 7.24. The van der Waals surface area contributed by atoms with E-state index in [4.69, 9.17) is 0 Å². The Labute approximate surface area is 161 Å². The zero-order valence-electron chi connectivity index (χ0n) is 15.2. The smallest absolute Gasteiger partial charge is 0.336 e. The Morgan fingerprint density at radius 1 is 1.00 bits per heavy atom. The van der Waals surface area contributed by atoms with Crippen molar-refractivity contribution >= 4 is 23.6 Å². The molecule has 2 atom stereocenters. The highest BCUT2D eigenvalue weighted by atomic mass is 16.4. The van der Waals surface area contributed by atoms with Crippen LogP contribution in [0.25, 0.3) is 0 Å². The van der Waals surface area contributed by atoms with Gasteiger partial charge in [0, 0.05) is 18.7 Å². The monoisotopic (exact) mass is 380 g/mol. The molecule has 2 fully saturated rings. The van der Waals surface area contributed by atoms with Crippen LogP contribution in [0.4, 0.5) is 0 Å². The minimum atomic E-state index is -1.74. The van der Waals surface area contributed by atoms with Gasteiger partial charge in [-0.2, -0.15) is 0 Å². The van der Waals surface area contributed by atoms with Crippen molar-refractivity contribution in [1.82, 2.24) is 10.0 Å². The van der Waals surface area contributed by atoms with Crippen LogP contribution in [0.2, 0.25) is 0 Å². The fraction of sp³-hybridized carbons (Fsp3) is 0.333. The predicted octanol–water partition coefficient (Wildman–Crippen LogP) is 2.07. The highest BCUT2D eigenvalue weighted by Gasteiger charge is 2.63. The lowest BCUT2D eigenvalue weighted by Crippen LogP contribution is -2.51. The van der Waals surface area contributed by atoms with Gasteiger partial charge in [-0.05, 0) is 18.9 Å². The lowest BCUT2D eigenvalue weighted by atomic mass is 9.69. The van der Waals surface area contributed by atoms with Gasteiger partial charge in [-0.1, -0.05) is 48.9 Å². The van der Waals surface area contributed by atoms with Gasteiger partial charge in [-0.25, -0.2) is 14.8 Å². The van der Waals surface area contributed by atoms with Gasteiger partial charge >= 0.3 is 5.97 Å². The number of benzene rings is 1. The number of imide groups is 1. The van der Waals surface area contributed by atoms with Crippen molar-refractivity contribution in [2.24, 2.45) is 11.3 Å². The van der Waals surface area contributed by atoms with Crippen LogP contribution < -0.4 is 0 Å². The van der Waals surface area contributed by atoms with E-state index in [0.29, 0.717) is 13.1 Å². The van der Waals surface area contributed by atoms with E-state index in [1.165, 1.54) is 24.3 Å². The Balaban J connectivity index is 1.82. The van der Waals surface area contributed by atoms with E-state index in [2.05, 4.69) is 0 Å². The number of nitrogens with zero attached hydrogens (tertiary/aromatic N) is 2. The first kappa shape index (κ1) is 18.3. The first-order valence-corrected chi connectivity index (χ1v) is 9.35. The summed E-state index contributed by atoms with van der Waals surface area (Å²) in [5.41, 5.74) is -1.99. The summed E-state index contributed by atoms with van der Waals surface area (Å²) in [5, 5.41) is 12.3. The molecule has 2 heterocycles. The molecular weight excluding hydrogens is 360 g/mol. The molecule has 2 amide bonds. The van der Waals surface area contributed by atoms with Gasteiger partial charge in [0.15, 0.2) is 5.78 Å². The number of carboxylic acid groups (broad SMARTS) is 1. The average Bonchev–Trinajstić information content (AvgIpc) is 2.96. The molecular formula is C21H20N2O5. The third-order valence-electron chi connectivity index (χ3n) is 5.68. The molecule has 3 aliphatic rings. The maximum atomic E-state index is 13.5. The van der Waals surface area contributed by atoms with E-state index in [1.54, 1.807) is 29.3 Å². The average molecular weight is 380 g/mol. The van der Waals surface area contributed by atoms with E-state index in [1.807, 2.05) is 0 Å². The second kappa shape index (κ2) is 6.83. The third kappa shape index (κ3) is 2.54. The molecule has 0 radical (unpaired) electrons. The van der Waals surface area contributed by atoms with Crippen molar-refractivity contribution in [1.29, 1.82) is 0 Å². The van der Waals surface area contributed by atoms with Gasteiger partial charge in [-0.15, -0.1) is 0 Å². The minimum absolute atomic E-state index is 0.0680. The molecule has 7 nitrogen and oxygen atoms in total. The number of Topliss-reactive ketones (excluding diaryl/α,β-unsaturated/α-hetero) is 1. The molecule has 1 N–H and O–H groups in total. The number of allylic oxidation sites excluding steroid dienone is 2. The van der Waals surface area contributed by atoms with Crippen LogP contribution in [0.5, 0.6) is 0 Å². The van der Waals surface area contributed by atoms with Crippen molar-refractivity contribution in [2.45, 2.75) is 19.3 Å². The zero-order chi connectivity index (χ0) is 19.9. The van der Waals surface area contributed by atoms with Crippen molar-refractivity contribution in [3.63, 3.8) is 0 Å². The first-order valence-electron chi connectivity index (χ1n) is 9.35. The van der Waals surface area contributed by atoms with Gasteiger partial charge in [-0.3, -0.25) is 14.4 Å². The van der Waals surface area contributed by atoms with Crippen LogP contribution in [-0.4, -0.2) is 51.8 Å². The largest absolute Gasteiger partial charge is 0.478 e. The van der Waals surface area contributed by atoms with Crippen molar-refractivity contribution < 1.29 is 24.3 Å². The molecule has 1 aromatic carbocycles. The molecule has 28 heavy (non-hydrogen) atoms. The van der Waals surface area contributed by atoms with Gasteiger partial charge in [0.05, 0.1) is 11.5 Å². The molecule has 0 spiro atoms. The number of carbonyl (C=O) groups is 4. The van der Waals surface area contributed by atoms with Crippen LogP contribution in [0.1, 0.15) is 40.0 Å². The summed E-state index contributed by atoms with van der Waals surface area (Å²) in [5.74, 6) is -3.92. The van der Waals surface area contributed by atoms with E-state index in [9.17, 15) is 24.3 Å². The number of hydrazine groups is 1. The van der Waals surface area contributed by atoms with Crippen molar-refractivity contribution in [3.8, 4) is 0 Å². The molecule has 0 aromatic heterocycles. The fourth-order valence-corrected chi connectivity index (χ4v) is 4.28. The number of ketones is 1. The van der Waals surface area contributed by atoms with Gasteiger partial charge in [0.25, 0.3) is 11.8 Å². The molecule has 1 aromatic rings. The Morgan fingerprint density at radius 2 is 1.68 bits per heavy atom. The van der Waals surface area contributed by atoms with Gasteiger partial charge in [0.1, 0.15) is 5.41 Å². The number of hydrogen-bond acceptors (Lipinski definition) is 5. The highest BCUT2D eigenvalue weighted by molar-refractivity contribution is 6.26. The Hall–Kier alpha value is -3.06. The van der Waals surface area contributed by atoms with E-state index < -0.39 is 34.9 Å². The van der Waals surface area contributed by atoms with E-state index >= 15 is 0 Å². The molecule has 1 aliphatic carbocycles. The summed E-state index contributed by atoms with van der Waals surface area (Å²) in [4.78, 5) is 51.7. The molecule has 7 heteroatoms. The van der Waals surface area contributed by atoms with Crippen LogP contribution in [0, 0.1) is 11.3 Å². The molecule has 2 unspecified atom stereocenters. The molecule has 0 saturated carbocycles. The van der Waals surface area contributed by atoms with E-state index in [-0.39, 0.29) is 11.1 Å². The summed E-state index contributed by atoms with van der Waals surface area (Å²) in [7, 11) is 0. The summed E-state index contributed by atoms with van der Waals surface area (Å²) < 4.78 is 0. The molecule has 4 rings (SSSR count). The number of hydrogen-bond donors (Lipinski definition) is 1. The Kier molecular flexibility index (Phi) is 4.47. The second-order valence-corrected chi connectivity index (χ2v) is 7.24. The van der Waals surface area contributed by atoms with Crippen LogP contribution in [-0.2, 0) is 9.59 Å². The number of piperidine rings is 1. The number of rotatable bonds is 4.